The second-order valence-electron chi connectivity index (χ2n) is 7.88. The minimum Gasteiger partial charge on any atom is -0.495 e. The number of nitrogens with zero attached hydrogens (tertiary/aromatic N) is 1. The largest absolute Gasteiger partial charge is 0.495 e. The van der Waals surface area contributed by atoms with E-state index in [9.17, 15) is 17.6 Å². The van der Waals surface area contributed by atoms with Gasteiger partial charge in [-0.05, 0) is 61.4 Å². The topological polar surface area (TPSA) is 84.9 Å². The number of amides is 2. The Morgan fingerprint density at radius 1 is 0.941 bits per heavy atom. The molecule has 0 spiro atoms. The lowest BCUT2D eigenvalue weighted by Gasteiger charge is -2.24. The van der Waals surface area contributed by atoms with E-state index in [2.05, 4.69) is 5.32 Å². The average Bonchev–Trinajstić information content (AvgIpc) is 2.81. The van der Waals surface area contributed by atoms with Crippen LogP contribution in [0.25, 0.3) is 0 Å². The maximum absolute atomic E-state index is 13.3. The van der Waals surface area contributed by atoms with Crippen LogP contribution < -0.4 is 14.2 Å². The quantitative estimate of drug-likeness (QED) is 0.421. The minimum atomic E-state index is -3.70. The van der Waals surface area contributed by atoms with E-state index in [1.165, 1.54) is 33.1 Å². The molecule has 9 heteroatoms. The third-order valence-corrected chi connectivity index (χ3v) is 6.59. The van der Waals surface area contributed by atoms with Gasteiger partial charge in [0.05, 0.1) is 18.0 Å². The molecular weight excluding hydrogens is 459 g/mol. The standard InChI is InChI=1S/C25H27FN2O5S/c1-18(2)34(30,31)33-22-14-10-20(11-15-22)17-28(16-19-8-12-21(26)13-9-19)25(29)27-23-6-4-5-7-24(23)32-3/h4-15,18H,16-17H2,1-3H3,(H,27,29). The van der Waals surface area contributed by atoms with Gasteiger partial charge < -0.3 is 19.1 Å². The zero-order chi connectivity index (χ0) is 24.7. The van der Waals surface area contributed by atoms with Crippen LogP contribution in [0.1, 0.15) is 25.0 Å². The molecule has 0 aliphatic rings. The lowest BCUT2D eigenvalue weighted by molar-refractivity contribution is 0.206. The summed E-state index contributed by atoms with van der Waals surface area (Å²) in [6, 6.07) is 19.1. The molecule has 0 bridgehead atoms. The summed E-state index contributed by atoms with van der Waals surface area (Å²) in [5, 5.41) is 2.18. The second kappa shape index (κ2) is 11.0. The first-order chi connectivity index (χ1) is 16.2. The predicted octanol–water partition coefficient (Wildman–Crippen LogP) is 5.19. The maximum Gasteiger partial charge on any atom is 0.322 e. The van der Waals surface area contributed by atoms with E-state index in [-0.39, 0.29) is 30.7 Å². The maximum atomic E-state index is 13.3. The number of carbonyl (C=O) groups excluding carboxylic acids is 1. The van der Waals surface area contributed by atoms with Gasteiger partial charge in [-0.15, -0.1) is 0 Å². The number of benzene rings is 3. The van der Waals surface area contributed by atoms with Gasteiger partial charge in [-0.3, -0.25) is 0 Å². The molecule has 3 aromatic carbocycles. The van der Waals surface area contributed by atoms with Crippen molar-refractivity contribution in [2.75, 3.05) is 12.4 Å². The fraction of sp³-hybridized carbons (Fsp3) is 0.240. The summed E-state index contributed by atoms with van der Waals surface area (Å²) >= 11 is 0. The molecule has 0 heterocycles. The Hall–Kier alpha value is -3.59. The fourth-order valence-corrected chi connectivity index (χ4v) is 3.62. The molecule has 3 aromatic rings. The minimum absolute atomic E-state index is 0.195. The van der Waals surface area contributed by atoms with E-state index in [0.717, 1.165) is 11.1 Å². The van der Waals surface area contributed by atoms with Crippen LogP contribution in [0.5, 0.6) is 11.5 Å². The van der Waals surface area contributed by atoms with Crippen molar-refractivity contribution in [3.05, 3.63) is 89.7 Å². The average molecular weight is 487 g/mol. The number of hydrogen-bond donors (Lipinski definition) is 1. The lowest BCUT2D eigenvalue weighted by Crippen LogP contribution is -2.34. The lowest BCUT2D eigenvalue weighted by atomic mass is 10.1. The van der Waals surface area contributed by atoms with Crippen LogP contribution in [0.2, 0.25) is 0 Å². The Kier molecular flexibility index (Phi) is 8.12. The number of methoxy groups -OCH3 is 1. The Morgan fingerprint density at radius 2 is 1.50 bits per heavy atom. The van der Waals surface area contributed by atoms with Gasteiger partial charge >= 0.3 is 16.1 Å². The molecule has 0 saturated carbocycles. The second-order valence-corrected chi connectivity index (χ2v) is 9.98. The van der Waals surface area contributed by atoms with Gasteiger partial charge in [-0.2, -0.15) is 8.42 Å². The summed E-state index contributed by atoms with van der Waals surface area (Å²) in [4.78, 5) is 14.7. The molecule has 0 aromatic heterocycles. The van der Waals surface area contributed by atoms with Gasteiger partial charge in [0.2, 0.25) is 0 Å². The number of para-hydroxylation sites is 2. The van der Waals surface area contributed by atoms with Crippen LogP contribution in [0.15, 0.2) is 72.8 Å². The Balaban J connectivity index is 1.80. The van der Waals surface area contributed by atoms with E-state index in [1.54, 1.807) is 65.6 Å². The number of hydrogen-bond acceptors (Lipinski definition) is 5. The normalized spacial score (nSPS) is 11.2. The third kappa shape index (κ3) is 6.71. The Morgan fingerprint density at radius 3 is 2.06 bits per heavy atom. The van der Waals surface area contributed by atoms with Crippen LogP contribution >= 0.6 is 0 Å². The number of ether oxygens (including phenoxy) is 1. The summed E-state index contributed by atoms with van der Waals surface area (Å²) < 4.78 is 47.7. The number of rotatable bonds is 9. The van der Waals surface area contributed by atoms with Gasteiger partial charge in [0, 0.05) is 13.1 Å². The summed E-state index contributed by atoms with van der Waals surface area (Å²) in [5.74, 6) is 0.354. The Labute approximate surface area is 199 Å². The molecule has 2 amide bonds. The van der Waals surface area contributed by atoms with E-state index < -0.39 is 15.4 Å². The SMILES string of the molecule is COc1ccccc1NC(=O)N(Cc1ccc(F)cc1)Cc1ccc(OS(=O)(=O)C(C)C)cc1. The molecule has 34 heavy (non-hydrogen) atoms. The number of carbonyl (C=O) groups is 1. The van der Waals surface area contributed by atoms with Crippen molar-refractivity contribution in [2.24, 2.45) is 0 Å². The number of anilines is 1. The first-order valence-corrected chi connectivity index (χ1v) is 12.1. The molecule has 0 atom stereocenters. The van der Waals surface area contributed by atoms with Gasteiger partial charge in [-0.25, -0.2) is 9.18 Å². The molecule has 180 valence electrons. The van der Waals surface area contributed by atoms with Crippen LogP contribution in [-0.2, 0) is 23.2 Å². The first kappa shape index (κ1) is 25.0. The van der Waals surface area contributed by atoms with Crippen LogP contribution in [-0.4, -0.2) is 31.7 Å². The molecule has 0 unspecified atom stereocenters. The van der Waals surface area contributed by atoms with Crippen LogP contribution in [0.4, 0.5) is 14.9 Å². The van der Waals surface area contributed by atoms with Crippen molar-refractivity contribution in [1.82, 2.24) is 4.90 Å². The number of halogens is 1. The smallest absolute Gasteiger partial charge is 0.322 e. The monoisotopic (exact) mass is 486 g/mol. The van der Waals surface area contributed by atoms with E-state index in [4.69, 9.17) is 8.92 Å². The molecule has 0 saturated heterocycles. The van der Waals surface area contributed by atoms with Crippen molar-refractivity contribution >= 4 is 21.8 Å². The summed E-state index contributed by atoms with van der Waals surface area (Å²) in [7, 11) is -2.18. The molecule has 0 radical (unpaired) electrons. The highest BCUT2D eigenvalue weighted by molar-refractivity contribution is 7.87. The summed E-state index contributed by atoms with van der Waals surface area (Å²) in [6.07, 6.45) is 0. The number of urea groups is 1. The zero-order valence-corrected chi connectivity index (χ0v) is 20.0. The fourth-order valence-electron chi connectivity index (χ4n) is 3.05. The summed E-state index contributed by atoms with van der Waals surface area (Å²) in [6.45, 7) is 3.52. The first-order valence-electron chi connectivity index (χ1n) is 10.6. The van der Waals surface area contributed by atoms with Gasteiger partial charge in [0.1, 0.15) is 17.3 Å². The van der Waals surface area contributed by atoms with Gasteiger partial charge in [0.15, 0.2) is 0 Å². The third-order valence-electron chi connectivity index (χ3n) is 5.01. The van der Waals surface area contributed by atoms with E-state index in [0.29, 0.717) is 11.4 Å². The van der Waals surface area contributed by atoms with E-state index >= 15 is 0 Å². The molecule has 7 nitrogen and oxygen atoms in total. The zero-order valence-electron chi connectivity index (χ0n) is 19.2. The van der Waals surface area contributed by atoms with Crippen molar-refractivity contribution < 1.29 is 26.5 Å². The molecule has 0 aliphatic carbocycles. The van der Waals surface area contributed by atoms with Crippen molar-refractivity contribution in [2.45, 2.75) is 32.2 Å². The molecular formula is C25H27FN2O5S. The highest BCUT2D eigenvalue weighted by atomic mass is 32.2. The van der Waals surface area contributed by atoms with Crippen molar-refractivity contribution in [3.63, 3.8) is 0 Å². The van der Waals surface area contributed by atoms with Crippen molar-refractivity contribution in [3.8, 4) is 11.5 Å². The molecule has 3 rings (SSSR count). The van der Waals surface area contributed by atoms with E-state index in [1.807, 2.05) is 0 Å². The number of nitrogens with one attached hydrogen (secondary N) is 1. The summed E-state index contributed by atoms with van der Waals surface area (Å²) in [5.41, 5.74) is 2.02. The highest BCUT2D eigenvalue weighted by Crippen LogP contribution is 2.24. The van der Waals surface area contributed by atoms with Gasteiger partial charge in [0.25, 0.3) is 0 Å². The molecule has 0 fully saturated rings. The molecule has 0 aliphatic heterocycles. The Bertz CT molecular complexity index is 1210. The van der Waals surface area contributed by atoms with Crippen LogP contribution in [0, 0.1) is 5.82 Å². The van der Waals surface area contributed by atoms with Crippen molar-refractivity contribution in [1.29, 1.82) is 0 Å². The molecule has 1 N–H and O–H groups in total. The van der Waals surface area contributed by atoms with Gasteiger partial charge in [-0.1, -0.05) is 36.4 Å². The predicted molar refractivity (Wildman–Crippen MR) is 129 cm³/mol. The highest BCUT2D eigenvalue weighted by Gasteiger charge is 2.19. The van der Waals surface area contributed by atoms with Crippen LogP contribution in [0.3, 0.4) is 0 Å².